The first-order valence-electron chi connectivity index (χ1n) is 7.82. The maximum absolute atomic E-state index is 12.5. The zero-order valence-electron chi connectivity index (χ0n) is 14.2. The number of carbonyl (C=O) groups is 1. The predicted molar refractivity (Wildman–Crippen MR) is 104 cm³/mol. The van der Waals surface area contributed by atoms with E-state index in [2.05, 4.69) is 15.1 Å². The van der Waals surface area contributed by atoms with E-state index in [1.54, 1.807) is 0 Å². The molecule has 25 heavy (non-hydrogen) atoms. The number of halogens is 1. The van der Waals surface area contributed by atoms with Crippen LogP contribution in [0.3, 0.4) is 0 Å². The van der Waals surface area contributed by atoms with Gasteiger partial charge in [0.25, 0.3) is 5.91 Å². The molecule has 1 aromatic carbocycles. The average molecular weight is 372 g/mol. The lowest BCUT2D eigenvalue weighted by Crippen LogP contribution is -2.19. The number of hydrogen-bond acceptors (Lipinski definition) is 3. The molecule has 2 heterocycles. The Kier molecular flexibility index (Phi) is 5.06. The topological polar surface area (TPSA) is 46.4 Å². The van der Waals surface area contributed by atoms with Gasteiger partial charge in [-0.2, -0.15) is 5.10 Å². The largest absolute Gasteiger partial charge is 0.318 e. The van der Waals surface area contributed by atoms with E-state index >= 15 is 0 Å². The number of hydrogen-bond donors (Lipinski definition) is 1. The molecule has 1 amide bonds. The van der Waals surface area contributed by atoms with Crippen LogP contribution in [-0.4, -0.2) is 16.2 Å². The number of nitrogens with one attached hydrogen (secondary N) is 1. The molecule has 0 aliphatic carbocycles. The molecule has 0 bridgehead atoms. The first-order valence-corrected chi connectivity index (χ1v) is 9.01. The van der Waals surface area contributed by atoms with Gasteiger partial charge < -0.3 is 4.57 Å². The van der Waals surface area contributed by atoms with Crippen LogP contribution in [0.2, 0.25) is 4.34 Å². The van der Waals surface area contributed by atoms with Crippen LogP contribution >= 0.6 is 22.9 Å². The molecular formula is C19H18ClN3OS. The van der Waals surface area contributed by atoms with E-state index in [1.807, 2.05) is 69.3 Å². The zero-order chi connectivity index (χ0) is 18.0. The van der Waals surface area contributed by atoms with Crippen molar-refractivity contribution in [2.24, 2.45) is 5.10 Å². The number of rotatable bonds is 4. The van der Waals surface area contributed by atoms with Gasteiger partial charge in [0.15, 0.2) is 0 Å². The van der Waals surface area contributed by atoms with Crippen molar-refractivity contribution in [3.8, 4) is 5.69 Å². The van der Waals surface area contributed by atoms with E-state index in [0.29, 0.717) is 9.90 Å². The van der Waals surface area contributed by atoms with Crippen LogP contribution in [0.4, 0.5) is 0 Å². The average Bonchev–Trinajstić information content (AvgIpc) is 3.16. The highest BCUT2D eigenvalue weighted by atomic mass is 35.5. The molecule has 4 nitrogen and oxygen atoms in total. The number of aromatic nitrogens is 1. The van der Waals surface area contributed by atoms with Gasteiger partial charge in [0.2, 0.25) is 0 Å². The molecule has 0 saturated heterocycles. The lowest BCUT2D eigenvalue weighted by atomic mass is 10.2. The van der Waals surface area contributed by atoms with Gasteiger partial charge in [-0.1, -0.05) is 29.8 Å². The Labute approximate surface area is 155 Å². The molecule has 0 spiro atoms. The molecule has 3 aromatic rings. The minimum Gasteiger partial charge on any atom is -0.318 e. The Balaban J connectivity index is 1.84. The quantitative estimate of drug-likeness (QED) is 0.511. The van der Waals surface area contributed by atoms with E-state index in [9.17, 15) is 4.79 Å². The van der Waals surface area contributed by atoms with Gasteiger partial charge in [-0.05, 0) is 51.1 Å². The predicted octanol–water partition coefficient (Wildman–Crippen LogP) is 4.96. The number of carbonyl (C=O) groups excluding carboxylic acids is 1. The van der Waals surface area contributed by atoms with Crippen LogP contribution in [0.5, 0.6) is 0 Å². The normalized spacial score (nSPS) is 11.6. The molecule has 6 heteroatoms. The summed E-state index contributed by atoms with van der Waals surface area (Å²) in [5.41, 5.74) is 6.89. The summed E-state index contributed by atoms with van der Waals surface area (Å²) in [7, 11) is 0. The van der Waals surface area contributed by atoms with E-state index in [1.165, 1.54) is 11.3 Å². The number of nitrogens with zero attached hydrogens (tertiary/aromatic N) is 2. The van der Waals surface area contributed by atoms with Crippen molar-refractivity contribution in [2.75, 3.05) is 0 Å². The maximum atomic E-state index is 12.5. The molecule has 128 valence electrons. The van der Waals surface area contributed by atoms with Crippen molar-refractivity contribution >= 4 is 34.6 Å². The monoisotopic (exact) mass is 371 g/mol. The summed E-state index contributed by atoms with van der Waals surface area (Å²) in [6, 6.07) is 15.6. The Morgan fingerprint density at radius 2 is 1.88 bits per heavy atom. The molecule has 3 rings (SSSR count). The van der Waals surface area contributed by atoms with Gasteiger partial charge in [-0.15, -0.1) is 11.3 Å². The molecule has 0 atom stereocenters. The third-order valence-corrected chi connectivity index (χ3v) is 5.29. The Morgan fingerprint density at radius 3 is 2.52 bits per heavy atom. The fraction of sp³-hybridized carbons (Fsp3) is 0.158. The Bertz CT molecular complexity index is 941. The minimum atomic E-state index is -0.225. The first kappa shape index (κ1) is 17.5. The molecule has 0 radical (unpaired) electrons. The van der Waals surface area contributed by atoms with Crippen molar-refractivity contribution in [3.05, 3.63) is 74.7 Å². The fourth-order valence-corrected chi connectivity index (χ4v) is 3.71. The molecular weight excluding hydrogens is 354 g/mol. The lowest BCUT2D eigenvalue weighted by molar-refractivity contribution is 0.0954. The standard InChI is InChI=1S/C19H18ClN3OS/c1-12-11-16(14(3)23(12)15-7-5-4-6-8-15)19(24)22-21-13(2)17-9-10-18(20)25-17/h4-11H,1-3H3,(H,22,24)/b21-13+. The van der Waals surface area contributed by atoms with E-state index in [4.69, 9.17) is 11.6 Å². The number of amides is 1. The summed E-state index contributed by atoms with van der Waals surface area (Å²) >= 11 is 7.37. The van der Waals surface area contributed by atoms with Gasteiger partial charge in [0, 0.05) is 17.1 Å². The Hall–Kier alpha value is -2.37. The third kappa shape index (κ3) is 3.67. The van der Waals surface area contributed by atoms with Crippen LogP contribution in [0, 0.1) is 13.8 Å². The van der Waals surface area contributed by atoms with E-state index < -0.39 is 0 Å². The highest BCUT2D eigenvalue weighted by molar-refractivity contribution is 7.18. The summed E-state index contributed by atoms with van der Waals surface area (Å²) in [5, 5.41) is 4.20. The molecule has 0 aliphatic rings. The van der Waals surface area contributed by atoms with E-state index in [0.717, 1.165) is 27.7 Å². The molecule has 0 unspecified atom stereocenters. The molecule has 0 saturated carbocycles. The van der Waals surface area contributed by atoms with Crippen molar-refractivity contribution < 1.29 is 4.79 Å². The number of hydrazone groups is 1. The second-order valence-electron chi connectivity index (χ2n) is 5.70. The van der Waals surface area contributed by atoms with Crippen LogP contribution in [-0.2, 0) is 0 Å². The van der Waals surface area contributed by atoms with Crippen molar-refractivity contribution in [3.63, 3.8) is 0 Å². The van der Waals surface area contributed by atoms with Crippen molar-refractivity contribution in [2.45, 2.75) is 20.8 Å². The van der Waals surface area contributed by atoms with Crippen molar-refractivity contribution in [1.29, 1.82) is 0 Å². The first-order chi connectivity index (χ1) is 12.0. The summed E-state index contributed by atoms with van der Waals surface area (Å²) in [4.78, 5) is 13.5. The second kappa shape index (κ2) is 7.25. The fourth-order valence-electron chi connectivity index (χ4n) is 2.73. The Morgan fingerprint density at radius 1 is 1.16 bits per heavy atom. The SMILES string of the molecule is C/C(=N\NC(=O)c1cc(C)n(-c2ccccc2)c1C)c1ccc(Cl)s1. The number of para-hydroxylation sites is 1. The molecule has 0 fully saturated rings. The number of aryl methyl sites for hydroxylation is 1. The summed E-state index contributed by atoms with van der Waals surface area (Å²) in [6.45, 7) is 5.76. The number of thiophene rings is 1. The summed E-state index contributed by atoms with van der Waals surface area (Å²) < 4.78 is 2.76. The second-order valence-corrected chi connectivity index (χ2v) is 7.41. The minimum absolute atomic E-state index is 0.225. The summed E-state index contributed by atoms with van der Waals surface area (Å²) in [6.07, 6.45) is 0. The van der Waals surface area contributed by atoms with Gasteiger partial charge in [0.05, 0.1) is 20.5 Å². The van der Waals surface area contributed by atoms with Crippen LogP contribution in [0.25, 0.3) is 5.69 Å². The summed E-state index contributed by atoms with van der Waals surface area (Å²) in [5.74, 6) is -0.225. The lowest BCUT2D eigenvalue weighted by Gasteiger charge is -2.09. The van der Waals surface area contributed by atoms with Gasteiger partial charge in [-0.25, -0.2) is 5.43 Å². The van der Waals surface area contributed by atoms with Gasteiger partial charge in [-0.3, -0.25) is 4.79 Å². The van der Waals surface area contributed by atoms with Crippen molar-refractivity contribution in [1.82, 2.24) is 9.99 Å². The molecule has 0 aliphatic heterocycles. The smallest absolute Gasteiger partial charge is 0.273 e. The molecule has 1 N–H and O–H groups in total. The third-order valence-electron chi connectivity index (χ3n) is 3.95. The maximum Gasteiger partial charge on any atom is 0.273 e. The van der Waals surface area contributed by atoms with Crippen LogP contribution < -0.4 is 5.43 Å². The highest BCUT2D eigenvalue weighted by Gasteiger charge is 2.16. The molecule has 2 aromatic heterocycles. The van der Waals surface area contributed by atoms with Gasteiger partial charge >= 0.3 is 0 Å². The number of benzene rings is 1. The highest BCUT2D eigenvalue weighted by Crippen LogP contribution is 2.22. The van der Waals surface area contributed by atoms with Gasteiger partial charge in [0.1, 0.15) is 0 Å². The van der Waals surface area contributed by atoms with Crippen LogP contribution in [0.1, 0.15) is 33.5 Å². The zero-order valence-corrected chi connectivity index (χ0v) is 15.8. The van der Waals surface area contributed by atoms with Crippen LogP contribution in [0.15, 0.2) is 53.6 Å². The van der Waals surface area contributed by atoms with E-state index in [-0.39, 0.29) is 5.91 Å².